The van der Waals surface area contributed by atoms with Gasteiger partial charge in [-0.15, -0.1) is 0 Å². The minimum absolute atomic E-state index is 0.107. The molecule has 1 unspecified atom stereocenters. The van der Waals surface area contributed by atoms with Crippen molar-refractivity contribution in [3.8, 4) is 11.5 Å². The van der Waals surface area contributed by atoms with E-state index in [1.807, 2.05) is 23.1 Å². The van der Waals surface area contributed by atoms with Crippen LogP contribution in [0, 0.1) is 0 Å². The predicted octanol–water partition coefficient (Wildman–Crippen LogP) is 1.69. The Morgan fingerprint density at radius 1 is 1.30 bits per heavy atom. The summed E-state index contributed by atoms with van der Waals surface area (Å²) >= 11 is 0. The van der Waals surface area contributed by atoms with Crippen LogP contribution in [0.3, 0.4) is 0 Å². The van der Waals surface area contributed by atoms with Gasteiger partial charge in [-0.05, 0) is 37.5 Å². The van der Waals surface area contributed by atoms with Crippen molar-refractivity contribution in [2.24, 2.45) is 0 Å². The van der Waals surface area contributed by atoms with Crippen LogP contribution in [0.4, 0.5) is 0 Å². The predicted molar refractivity (Wildman–Crippen MR) is 74.8 cm³/mol. The lowest BCUT2D eigenvalue weighted by molar-refractivity contribution is -0.129. The second-order valence-corrected chi connectivity index (χ2v) is 5.30. The largest absolute Gasteiger partial charge is 0.454 e. The fraction of sp³-hybridized carbons (Fsp3) is 0.533. The first-order valence-electron chi connectivity index (χ1n) is 7.15. The van der Waals surface area contributed by atoms with Crippen molar-refractivity contribution in [1.82, 2.24) is 10.2 Å². The molecular formula is C15H20N2O3. The molecule has 1 aromatic rings. The van der Waals surface area contributed by atoms with Crippen LogP contribution in [0.25, 0.3) is 0 Å². The van der Waals surface area contributed by atoms with Gasteiger partial charge in [-0.1, -0.05) is 6.07 Å². The molecule has 2 heterocycles. The molecule has 1 aromatic carbocycles. The Kier molecular flexibility index (Phi) is 3.78. The number of carbonyl (C=O) groups excluding carboxylic acids is 1. The molecule has 1 N–H and O–H groups in total. The number of carbonyl (C=O) groups is 1. The number of hydrogen-bond acceptors (Lipinski definition) is 4. The van der Waals surface area contributed by atoms with Gasteiger partial charge in [0, 0.05) is 19.1 Å². The van der Waals surface area contributed by atoms with Gasteiger partial charge in [0.2, 0.25) is 12.7 Å². The van der Waals surface area contributed by atoms with Gasteiger partial charge in [0.05, 0.1) is 6.54 Å². The van der Waals surface area contributed by atoms with E-state index in [9.17, 15) is 4.79 Å². The zero-order chi connectivity index (χ0) is 13.9. The summed E-state index contributed by atoms with van der Waals surface area (Å²) in [6.45, 7) is 4.52. The normalized spacial score (nSPS) is 18.4. The van der Waals surface area contributed by atoms with Crippen LogP contribution in [0.15, 0.2) is 18.2 Å². The lowest BCUT2D eigenvalue weighted by Gasteiger charge is -2.19. The Balaban J connectivity index is 1.56. The van der Waals surface area contributed by atoms with Crippen LogP contribution < -0.4 is 14.8 Å². The number of benzene rings is 1. The molecule has 5 nitrogen and oxygen atoms in total. The van der Waals surface area contributed by atoms with Gasteiger partial charge in [0.25, 0.3) is 0 Å². The fourth-order valence-corrected chi connectivity index (χ4v) is 2.62. The van der Waals surface area contributed by atoms with E-state index in [0.717, 1.165) is 43.0 Å². The first-order chi connectivity index (χ1) is 9.74. The summed E-state index contributed by atoms with van der Waals surface area (Å²) in [4.78, 5) is 13.9. The standard InChI is InChI=1S/C15H20N2O3/c1-11(16-9-15(18)17-6-2-3-7-17)12-4-5-13-14(8-12)20-10-19-13/h4-5,8,11,16H,2-3,6-7,9-10H2,1H3. The first-order valence-corrected chi connectivity index (χ1v) is 7.15. The van der Waals surface area contributed by atoms with Crippen molar-refractivity contribution < 1.29 is 14.3 Å². The number of amides is 1. The van der Waals surface area contributed by atoms with E-state index in [1.165, 1.54) is 0 Å². The minimum atomic E-state index is 0.107. The topological polar surface area (TPSA) is 50.8 Å². The first kappa shape index (κ1) is 13.2. The Bertz CT molecular complexity index is 498. The van der Waals surface area contributed by atoms with E-state index in [-0.39, 0.29) is 18.7 Å². The van der Waals surface area contributed by atoms with Gasteiger partial charge in [0.1, 0.15) is 0 Å². The molecular weight excluding hydrogens is 256 g/mol. The van der Waals surface area contributed by atoms with Crippen LogP contribution in [-0.4, -0.2) is 37.2 Å². The van der Waals surface area contributed by atoms with Crippen molar-refractivity contribution in [2.45, 2.75) is 25.8 Å². The van der Waals surface area contributed by atoms with Gasteiger partial charge < -0.3 is 19.7 Å². The van der Waals surface area contributed by atoms with Crippen LogP contribution >= 0.6 is 0 Å². The Labute approximate surface area is 118 Å². The fourth-order valence-electron chi connectivity index (χ4n) is 2.62. The molecule has 0 saturated carbocycles. The molecule has 1 fully saturated rings. The maximum absolute atomic E-state index is 12.0. The molecule has 0 aliphatic carbocycles. The molecule has 0 aromatic heterocycles. The van der Waals surface area contributed by atoms with E-state index in [2.05, 4.69) is 12.2 Å². The van der Waals surface area contributed by atoms with E-state index < -0.39 is 0 Å². The summed E-state index contributed by atoms with van der Waals surface area (Å²) in [7, 11) is 0. The summed E-state index contributed by atoms with van der Waals surface area (Å²) in [5.74, 6) is 1.76. The van der Waals surface area contributed by atoms with Gasteiger partial charge >= 0.3 is 0 Å². The van der Waals surface area contributed by atoms with Crippen molar-refractivity contribution in [3.05, 3.63) is 23.8 Å². The molecule has 0 bridgehead atoms. The average Bonchev–Trinajstić information content (AvgIpc) is 3.13. The van der Waals surface area contributed by atoms with Crippen LogP contribution in [0.5, 0.6) is 11.5 Å². The highest BCUT2D eigenvalue weighted by atomic mass is 16.7. The van der Waals surface area contributed by atoms with Crippen molar-refractivity contribution in [2.75, 3.05) is 26.4 Å². The number of nitrogens with zero attached hydrogens (tertiary/aromatic N) is 1. The molecule has 1 amide bonds. The Morgan fingerprint density at radius 2 is 2.05 bits per heavy atom. The lowest BCUT2D eigenvalue weighted by Crippen LogP contribution is -2.37. The van der Waals surface area contributed by atoms with E-state index in [0.29, 0.717) is 6.54 Å². The average molecular weight is 276 g/mol. The van der Waals surface area contributed by atoms with Crippen molar-refractivity contribution in [3.63, 3.8) is 0 Å². The monoisotopic (exact) mass is 276 g/mol. The molecule has 1 atom stereocenters. The second kappa shape index (κ2) is 5.71. The summed E-state index contributed by atoms with van der Waals surface area (Å²) in [6, 6.07) is 6.00. The molecule has 5 heteroatoms. The number of nitrogens with one attached hydrogen (secondary N) is 1. The highest BCUT2D eigenvalue weighted by Crippen LogP contribution is 2.34. The number of ether oxygens (including phenoxy) is 2. The SMILES string of the molecule is CC(NCC(=O)N1CCCC1)c1ccc2c(c1)OCO2. The zero-order valence-electron chi connectivity index (χ0n) is 11.7. The molecule has 1 saturated heterocycles. The number of rotatable bonds is 4. The minimum Gasteiger partial charge on any atom is -0.454 e. The molecule has 3 rings (SSSR count). The van der Waals surface area contributed by atoms with Gasteiger partial charge in [-0.3, -0.25) is 4.79 Å². The van der Waals surface area contributed by atoms with E-state index in [1.54, 1.807) is 0 Å². The van der Waals surface area contributed by atoms with E-state index >= 15 is 0 Å². The summed E-state index contributed by atoms with van der Waals surface area (Å²) in [6.07, 6.45) is 2.26. The van der Waals surface area contributed by atoms with Crippen LogP contribution in [-0.2, 0) is 4.79 Å². The molecule has 2 aliphatic rings. The Hall–Kier alpha value is -1.75. The third kappa shape index (κ3) is 2.72. The third-order valence-electron chi connectivity index (χ3n) is 3.91. The summed E-state index contributed by atoms with van der Waals surface area (Å²) in [5.41, 5.74) is 1.10. The third-order valence-corrected chi connectivity index (χ3v) is 3.91. The van der Waals surface area contributed by atoms with Crippen molar-refractivity contribution >= 4 is 5.91 Å². The summed E-state index contributed by atoms with van der Waals surface area (Å²) < 4.78 is 10.7. The molecule has 0 spiro atoms. The van der Waals surface area contributed by atoms with Gasteiger partial charge in [0.15, 0.2) is 11.5 Å². The second-order valence-electron chi connectivity index (χ2n) is 5.30. The number of fused-ring (bicyclic) bond motifs is 1. The quantitative estimate of drug-likeness (QED) is 0.909. The molecule has 20 heavy (non-hydrogen) atoms. The van der Waals surface area contributed by atoms with Gasteiger partial charge in [-0.2, -0.15) is 0 Å². The molecule has 2 aliphatic heterocycles. The van der Waals surface area contributed by atoms with E-state index in [4.69, 9.17) is 9.47 Å². The lowest BCUT2D eigenvalue weighted by atomic mass is 10.1. The number of hydrogen-bond donors (Lipinski definition) is 1. The highest BCUT2D eigenvalue weighted by molar-refractivity contribution is 5.78. The van der Waals surface area contributed by atoms with Crippen LogP contribution in [0.2, 0.25) is 0 Å². The highest BCUT2D eigenvalue weighted by Gasteiger charge is 2.19. The number of likely N-dealkylation sites (tertiary alicyclic amines) is 1. The van der Waals surface area contributed by atoms with Gasteiger partial charge in [-0.25, -0.2) is 0 Å². The molecule has 108 valence electrons. The maximum Gasteiger partial charge on any atom is 0.236 e. The van der Waals surface area contributed by atoms with Crippen molar-refractivity contribution in [1.29, 1.82) is 0 Å². The molecule has 0 radical (unpaired) electrons. The Morgan fingerprint density at radius 3 is 2.85 bits per heavy atom. The van der Waals surface area contributed by atoms with Crippen LogP contribution in [0.1, 0.15) is 31.4 Å². The summed E-state index contributed by atoms with van der Waals surface area (Å²) in [5, 5.41) is 3.28. The zero-order valence-corrected chi connectivity index (χ0v) is 11.7. The smallest absolute Gasteiger partial charge is 0.236 e. The maximum atomic E-state index is 12.0.